The summed E-state index contributed by atoms with van der Waals surface area (Å²) in [5.74, 6) is 0.0949. The van der Waals surface area contributed by atoms with Crippen molar-refractivity contribution in [2.24, 2.45) is 17.2 Å². The maximum atomic E-state index is 11.6. The standard InChI is InChI=1S/C15H24N8O/c1-19-7-9(6-16)21-15-13(14(18)24)20-8-12(23-15)22-11-5-3-2-4-10(11)17/h6-8,10-11H,2-5,16-17H2,1H3,(H2,18,24)(H2,21,22,23)/p+1/t10-,11+/m0/s1. The Bertz CT molecular complexity index is 642. The minimum Gasteiger partial charge on any atom is -0.403 e. The van der Waals surface area contributed by atoms with Gasteiger partial charge in [-0.1, -0.05) is 12.8 Å². The summed E-state index contributed by atoms with van der Waals surface area (Å²) < 4.78 is 0. The second kappa shape index (κ2) is 8.25. The first-order valence-electron chi connectivity index (χ1n) is 7.93. The Kier molecular flexibility index (Phi) is 6.07. The zero-order valence-electron chi connectivity index (χ0n) is 13.7. The van der Waals surface area contributed by atoms with E-state index >= 15 is 0 Å². The Balaban J connectivity index is 2.24. The molecule has 0 spiro atoms. The van der Waals surface area contributed by atoms with Crippen molar-refractivity contribution in [2.45, 2.75) is 37.8 Å². The van der Waals surface area contributed by atoms with E-state index < -0.39 is 5.91 Å². The zero-order valence-corrected chi connectivity index (χ0v) is 13.7. The summed E-state index contributed by atoms with van der Waals surface area (Å²) in [6.07, 6.45) is 8.69. The van der Waals surface area contributed by atoms with E-state index in [9.17, 15) is 4.79 Å². The number of nitrogens with zero attached hydrogens (tertiary/aromatic N) is 2. The van der Waals surface area contributed by atoms with E-state index in [1.165, 1.54) is 12.4 Å². The van der Waals surface area contributed by atoms with E-state index in [-0.39, 0.29) is 23.6 Å². The molecular weight excluding hydrogens is 308 g/mol. The van der Waals surface area contributed by atoms with Gasteiger partial charge < -0.3 is 27.8 Å². The molecule has 24 heavy (non-hydrogen) atoms. The van der Waals surface area contributed by atoms with E-state index in [1.807, 2.05) is 0 Å². The first-order chi connectivity index (χ1) is 11.5. The lowest BCUT2D eigenvalue weighted by molar-refractivity contribution is -0.413. The molecule has 0 saturated heterocycles. The molecule has 9 N–H and O–H groups in total. The lowest BCUT2D eigenvalue weighted by Gasteiger charge is -2.29. The number of nitrogens with two attached hydrogens (primary N) is 3. The first kappa shape index (κ1) is 17.7. The maximum absolute atomic E-state index is 11.6. The van der Waals surface area contributed by atoms with Crippen molar-refractivity contribution in [2.75, 3.05) is 17.7 Å². The van der Waals surface area contributed by atoms with Crippen LogP contribution in [0.3, 0.4) is 0 Å². The van der Waals surface area contributed by atoms with E-state index in [1.54, 1.807) is 13.3 Å². The number of hydrogen-bond donors (Lipinski definition) is 6. The van der Waals surface area contributed by atoms with Gasteiger partial charge in [-0.2, -0.15) is 0 Å². The predicted octanol–water partition coefficient (Wildman–Crippen LogP) is -1.75. The van der Waals surface area contributed by atoms with Crippen LogP contribution in [0, 0.1) is 0 Å². The molecule has 0 unspecified atom stereocenters. The molecule has 1 aliphatic carbocycles. The lowest BCUT2D eigenvalue weighted by Crippen LogP contribution is -2.63. The van der Waals surface area contributed by atoms with Gasteiger partial charge in [0, 0.05) is 18.3 Å². The molecule has 1 aliphatic rings. The summed E-state index contributed by atoms with van der Waals surface area (Å²) in [7, 11) is 1.73. The number of allylic oxidation sites excluding steroid dienone is 1. The SMILES string of the molecule is C[NH+]=CC(=CN)Nc1nc(N[C@@H]2CCCC[C@@H]2N)cnc1C(N)=O. The number of amides is 1. The molecular formula is C15H25N8O+. The van der Waals surface area contributed by atoms with Crippen LogP contribution in [0.5, 0.6) is 0 Å². The summed E-state index contributed by atoms with van der Waals surface area (Å²) in [4.78, 5) is 22.9. The fourth-order valence-electron chi connectivity index (χ4n) is 2.67. The average molecular weight is 333 g/mol. The van der Waals surface area contributed by atoms with E-state index in [4.69, 9.17) is 17.2 Å². The minimum absolute atomic E-state index is 0.0392. The second-order valence-corrected chi connectivity index (χ2v) is 5.70. The van der Waals surface area contributed by atoms with E-state index in [2.05, 4.69) is 25.6 Å². The van der Waals surface area contributed by atoms with Gasteiger partial charge in [0.1, 0.15) is 18.6 Å². The van der Waals surface area contributed by atoms with Crippen LogP contribution >= 0.6 is 0 Å². The largest absolute Gasteiger partial charge is 0.403 e. The number of aromatic nitrogens is 2. The average Bonchev–Trinajstić information content (AvgIpc) is 2.56. The zero-order chi connectivity index (χ0) is 17.5. The van der Waals surface area contributed by atoms with Crippen molar-refractivity contribution in [3.8, 4) is 0 Å². The van der Waals surface area contributed by atoms with Crippen molar-refractivity contribution < 1.29 is 9.79 Å². The van der Waals surface area contributed by atoms with Gasteiger partial charge in [-0.05, 0) is 12.8 Å². The van der Waals surface area contributed by atoms with Crippen LogP contribution in [0.2, 0.25) is 0 Å². The van der Waals surface area contributed by atoms with Crippen LogP contribution in [-0.4, -0.2) is 41.2 Å². The van der Waals surface area contributed by atoms with Crippen LogP contribution in [0.1, 0.15) is 36.2 Å². The van der Waals surface area contributed by atoms with Crippen molar-refractivity contribution in [3.63, 3.8) is 0 Å². The van der Waals surface area contributed by atoms with Crippen LogP contribution in [-0.2, 0) is 0 Å². The highest BCUT2D eigenvalue weighted by molar-refractivity contribution is 5.96. The van der Waals surface area contributed by atoms with Crippen LogP contribution < -0.4 is 32.8 Å². The van der Waals surface area contributed by atoms with Crippen LogP contribution in [0.25, 0.3) is 0 Å². The van der Waals surface area contributed by atoms with Crippen molar-refractivity contribution in [3.05, 3.63) is 23.8 Å². The molecule has 1 amide bonds. The van der Waals surface area contributed by atoms with Gasteiger partial charge >= 0.3 is 0 Å². The van der Waals surface area contributed by atoms with Crippen LogP contribution in [0.15, 0.2) is 18.1 Å². The highest BCUT2D eigenvalue weighted by atomic mass is 16.1. The minimum atomic E-state index is -0.674. The van der Waals surface area contributed by atoms with Gasteiger partial charge in [0.05, 0.1) is 6.20 Å². The number of primary amides is 1. The van der Waals surface area contributed by atoms with Gasteiger partial charge in [0.25, 0.3) is 5.91 Å². The Morgan fingerprint density at radius 1 is 1.42 bits per heavy atom. The third-order valence-electron chi connectivity index (χ3n) is 3.90. The van der Waals surface area contributed by atoms with Crippen molar-refractivity contribution >= 4 is 23.8 Å². The van der Waals surface area contributed by atoms with Gasteiger partial charge in [-0.25, -0.2) is 15.0 Å². The number of nitrogens with one attached hydrogen (secondary N) is 3. The topological polar surface area (TPSA) is 159 Å². The Morgan fingerprint density at radius 2 is 2.17 bits per heavy atom. The predicted molar refractivity (Wildman–Crippen MR) is 93.2 cm³/mol. The van der Waals surface area contributed by atoms with E-state index in [0.29, 0.717) is 11.5 Å². The van der Waals surface area contributed by atoms with E-state index in [0.717, 1.165) is 25.7 Å². The quantitative estimate of drug-likeness (QED) is 0.337. The molecule has 1 fully saturated rings. The lowest BCUT2D eigenvalue weighted by atomic mass is 9.91. The van der Waals surface area contributed by atoms with Crippen molar-refractivity contribution in [1.29, 1.82) is 0 Å². The number of hydrogen-bond acceptors (Lipinski definition) is 7. The summed E-state index contributed by atoms with van der Waals surface area (Å²) >= 11 is 0. The van der Waals surface area contributed by atoms with Crippen molar-refractivity contribution in [1.82, 2.24) is 9.97 Å². The fourth-order valence-corrected chi connectivity index (χ4v) is 2.67. The molecule has 2 rings (SSSR count). The Labute approximate surface area is 140 Å². The van der Waals surface area contributed by atoms with Gasteiger partial charge in [-0.3, -0.25) is 4.79 Å². The van der Waals surface area contributed by atoms with Gasteiger partial charge in [0.15, 0.2) is 17.7 Å². The fraction of sp³-hybridized carbons (Fsp3) is 0.467. The number of rotatable bonds is 6. The van der Waals surface area contributed by atoms with Crippen LogP contribution in [0.4, 0.5) is 11.6 Å². The number of anilines is 2. The molecule has 1 heterocycles. The highest BCUT2D eigenvalue weighted by Gasteiger charge is 2.23. The van der Waals surface area contributed by atoms with Gasteiger partial charge in [0.2, 0.25) is 0 Å². The summed E-state index contributed by atoms with van der Waals surface area (Å²) in [5, 5.41) is 6.23. The summed E-state index contributed by atoms with van der Waals surface area (Å²) in [6.45, 7) is 0. The molecule has 0 bridgehead atoms. The summed E-state index contributed by atoms with van der Waals surface area (Å²) in [6, 6.07) is 0.207. The molecule has 130 valence electrons. The molecule has 1 saturated carbocycles. The smallest absolute Gasteiger partial charge is 0.271 e. The third kappa shape index (κ3) is 4.42. The number of carbonyl (C=O) groups excluding carboxylic acids is 1. The monoisotopic (exact) mass is 333 g/mol. The molecule has 0 aliphatic heterocycles. The first-order valence-corrected chi connectivity index (χ1v) is 7.93. The molecule has 9 nitrogen and oxygen atoms in total. The molecule has 1 aromatic heterocycles. The summed E-state index contributed by atoms with van der Waals surface area (Å²) in [5.41, 5.74) is 17.6. The molecule has 2 atom stereocenters. The highest BCUT2D eigenvalue weighted by Crippen LogP contribution is 2.21. The molecule has 0 aromatic carbocycles. The third-order valence-corrected chi connectivity index (χ3v) is 3.90. The molecule has 1 aromatic rings. The normalized spacial score (nSPS) is 21.7. The Hall–Kier alpha value is -2.68. The molecule has 9 heteroatoms. The maximum Gasteiger partial charge on any atom is 0.271 e. The van der Waals surface area contributed by atoms with Gasteiger partial charge in [-0.15, -0.1) is 0 Å². The molecule has 0 radical (unpaired) electrons. The Morgan fingerprint density at radius 3 is 2.79 bits per heavy atom. The number of carbonyl (C=O) groups is 1. The second-order valence-electron chi connectivity index (χ2n) is 5.70.